The van der Waals surface area contributed by atoms with Crippen LogP contribution in [0, 0.1) is 11.3 Å². The van der Waals surface area contributed by atoms with E-state index in [9.17, 15) is 5.11 Å². The molecule has 0 saturated heterocycles. The van der Waals surface area contributed by atoms with E-state index in [1.165, 1.54) is 0 Å². The molecule has 0 amide bonds. The summed E-state index contributed by atoms with van der Waals surface area (Å²) in [5, 5.41) is 22.1. The van der Waals surface area contributed by atoms with Gasteiger partial charge in [-0.05, 0) is 32.6 Å². The third-order valence-electron chi connectivity index (χ3n) is 3.44. The van der Waals surface area contributed by atoms with Gasteiger partial charge in [0.25, 0.3) is 0 Å². The average molecular weight is 265 g/mol. The molecule has 1 N–H and O–H groups in total. The first-order chi connectivity index (χ1) is 9.20. The van der Waals surface area contributed by atoms with Gasteiger partial charge in [0.05, 0.1) is 25.0 Å². The summed E-state index contributed by atoms with van der Waals surface area (Å²) in [5.74, 6) is 0.940. The van der Waals surface area contributed by atoms with Gasteiger partial charge in [0, 0.05) is 6.61 Å². The molecule has 0 bridgehead atoms. The fourth-order valence-corrected chi connectivity index (χ4v) is 2.56. The lowest BCUT2D eigenvalue weighted by Crippen LogP contribution is -2.27. The molecular formula is C13H19N3O3. The molecular weight excluding hydrogens is 246 g/mol. The molecule has 6 nitrogen and oxygen atoms in total. The summed E-state index contributed by atoms with van der Waals surface area (Å²) < 4.78 is 11.0. The molecule has 1 saturated carbocycles. The third-order valence-corrected chi connectivity index (χ3v) is 3.44. The fraction of sp³-hybridized carbons (Fsp3) is 0.769. The summed E-state index contributed by atoms with van der Waals surface area (Å²) in [6.07, 6.45) is 3.52. The Morgan fingerprint density at radius 3 is 2.89 bits per heavy atom. The van der Waals surface area contributed by atoms with Crippen LogP contribution in [0.4, 0.5) is 0 Å². The lowest BCUT2D eigenvalue weighted by molar-refractivity contribution is -0.0469. The number of rotatable bonds is 6. The van der Waals surface area contributed by atoms with Gasteiger partial charge in [-0.2, -0.15) is 10.2 Å². The summed E-state index contributed by atoms with van der Waals surface area (Å²) in [4.78, 5) is 4.33. The number of nitrogens with zero attached hydrogens (tertiary/aromatic N) is 3. The molecule has 1 heterocycles. The highest BCUT2D eigenvalue weighted by molar-refractivity contribution is 5.05. The molecule has 1 atom stereocenters. The highest BCUT2D eigenvalue weighted by Crippen LogP contribution is 2.40. The van der Waals surface area contributed by atoms with E-state index < -0.39 is 11.7 Å². The van der Waals surface area contributed by atoms with Crippen LogP contribution in [0.3, 0.4) is 0 Å². The van der Waals surface area contributed by atoms with E-state index in [-0.39, 0.29) is 12.8 Å². The van der Waals surface area contributed by atoms with Crippen LogP contribution < -0.4 is 0 Å². The van der Waals surface area contributed by atoms with Gasteiger partial charge in [-0.1, -0.05) is 5.16 Å². The minimum Gasteiger partial charge on any atom is -0.392 e. The van der Waals surface area contributed by atoms with E-state index in [4.69, 9.17) is 14.5 Å². The molecule has 19 heavy (non-hydrogen) atoms. The van der Waals surface area contributed by atoms with Crippen molar-refractivity contribution in [2.45, 2.75) is 57.2 Å². The molecule has 1 unspecified atom stereocenters. The van der Waals surface area contributed by atoms with E-state index in [0.29, 0.717) is 18.3 Å². The molecule has 0 spiro atoms. The maximum absolute atomic E-state index is 9.56. The van der Waals surface area contributed by atoms with Crippen molar-refractivity contribution in [3.05, 3.63) is 11.7 Å². The molecule has 0 aliphatic heterocycles. The van der Waals surface area contributed by atoms with Gasteiger partial charge in [0.1, 0.15) is 5.60 Å². The van der Waals surface area contributed by atoms with Crippen molar-refractivity contribution in [1.29, 1.82) is 5.26 Å². The first-order valence-corrected chi connectivity index (χ1v) is 6.72. The second-order valence-corrected chi connectivity index (χ2v) is 4.87. The van der Waals surface area contributed by atoms with E-state index in [0.717, 1.165) is 25.7 Å². The van der Waals surface area contributed by atoms with Crippen molar-refractivity contribution in [3.63, 3.8) is 0 Å². The predicted molar refractivity (Wildman–Crippen MR) is 66.0 cm³/mol. The van der Waals surface area contributed by atoms with Crippen molar-refractivity contribution in [1.82, 2.24) is 10.1 Å². The quantitative estimate of drug-likeness (QED) is 0.841. The van der Waals surface area contributed by atoms with Crippen LogP contribution in [0.2, 0.25) is 0 Å². The van der Waals surface area contributed by atoms with Gasteiger partial charge in [0.15, 0.2) is 0 Å². The van der Waals surface area contributed by atoms with Crippen LogP contribution in [0.5, 0.6) is 0 Å². The highest BCUT2D eigenvalue weighted by atomic mass is 16.5. The Morgan fingerprint density at radius 2 is 2.26 bits per heavy atom. The second-order valence-electron chi connectivity index (χ2n) is 4.87. The predicted octanol–water partition coefficient (Wildman–Crippen LogP) is 1.69. The summed E-state index contributed by atoms with van der Waals surface area (Å²) in [5.41, 5.74) is -0.420. The number of hydrogen-bond donors (Lipinski definition) is 1. The molecule has 104 valence electrons. The first-order valence-electron chi connectivity index (χ1n) is 6.72. The van der Waals surface area contributed by atoms with Crippen molar-refractivity contribution in [2.75, 3.05) is 6.61 Å². The lowest BCUT2D eigenvalue weighted by Gasteiger charge is -2.24. The fourth-order valence-electron chi connectivity index (χ4n) is 2.56. The standard InChI is InChI=1S/C13H19N3O3/c1-2-18-13(6-3-4-7-13)12-15-11(19-16-12)9-10(17)5-8-14/h10,17H,2-7,9H2,1H3. The van der Waals surface area contributed by atoms with Gasteiger partial charge >= 0.3 is 0 Å². The smallest absolute Gasteiger partial charge is 0.229 e. The van der Waals surface area contributed by atoms with Gasteiger partial charge in [-0.15, -0.1) is 0 Å². The van der Waals surface area contributed by atoms with Gasteiger partial charge < -0.3 is 14.4 Å². The number of nitriles is 1. The zero-order valence-electron chi connectivity index (χ0n) is 11.1. The number of aliphatic hydroxyl groups excluding tert-OH is 1. The number of aromatic nitrogens is 2. The van der Waals surface area contributed by atoms with Crippen molar-refractivity contribution in [2.24, 2.45) is 0 Å². The Morgan fingerprint density at radius 1 is 1.53 bits per heavy atom. The SMILES string of the molecule is CCOC1(c2noc(CC(O)CC#N)n2)CCCC1. The van der Waals surface area contributed by atoms with Crippen LogP contribution in [-0.4, -0.2) is 28.0 Å². The Bertz CT molecular complexity index is 446. The molecule has 0 radical (unpaired) electrons. The van der Waals surface area contributed by atoms with E-state index in [2.05, 4.69) is 10.1 Å². The summed E-state index contributed by atoms with van der Waals surface area (Å²) >= 11 is 0. The van der Waals surface area contributed by atoms with Crippen LogP contribution in [0.15, 0.2) is 4.52 Å². The first kappa shape index (κ1) is 14.0. The molecule has 1 aliphatic carbocycles. The van der Waals surface area contributed by atoms with Crippen LogP contribution >= 0.6 is 0 Å². The molecule has 6 heteroatoms. The van der Waals surface area contributed by atoms with Crippen molar-refractivity contribution in [3.8, 4) is 6.07 Å². The Balaban J connectivity index is 2.09. The van der Waals surface area contributed by atoms with Crippen LogP contribution in [-0.2, 0) is 16.8 Å². The van der Waals surface area contributed by atoms with Gasteiger partial charge in [-0.25, -0.2) is 0 Å². The number of aliphatic hydroxyl groups is 1. The second kappa shape index (κ2) is 6.13. The van der Waals surface area contributed by atoms with E-state index >= 15 is 0 Å². The monoisotopic (exact) mass is 265 g/mol. The van der Waals surface area contributed by atoms with E-state index in [1.54, 1.807) is 0 Å². The number of ether oxygens (including phenoxy) is 1. The normalized spacial score (nSPS) is 19.2. The van der Waals surface area contributed by atoms with Crippen molar-refractivity contribution < 1.29 is 14.4 Å². The Kier molecular flexibility index (Phi) is 4.51. The molecule has 1 aromatic rings. The Hall–Kier alpha value is -1.45. The zero-order valence-corrected chi connectivity index (χ0v) is 11.1. The minimum atomic E-state index is -0.759. The average Bonchev–Trinajstić information content (AvgIpc) is 3.00. The summed E-state index contributed by atoms with van der Waals surface area (Å²) in [6.45, 7) is 2.57. The Labute approximate surface area is 112 Å². The van der Waals surface area contributed by atoms with Gasteiger partial charge in [0.2, 0.25) is 11.7 Å². The zero-order chi connectivity index (χ0) is 13.7. The van der Waals surface area contributed by atoms with E-state index in [1.807, 2.05) is 13.0 Å². The maximum Gasteiger partial charge on any atom is 0.229 e. The van der Waals surface area contributed by atoms with Crippen molar-refractivity contribution >= 4 is 0 Å². The summed E-state index contributed by atoms with van der Waals surface area (Å²) in [6, 6.07) is 1.91. The maximum atomic E-state index is 9.56. The van der Waals surface area contributed by atoms with Gasteiger partial charge in [-0.3, -0.25) is 0 Å². The largest absolute Gasteiger partial charge is 0.392 e. The molecule has 2 rings (SSSR count). The topological polar surface area (TPSA) is 92.2 Å². The van der Waals surface area contributed by atoms with Crippen LogP contribution in [0.1, 0.15) is 50.7 Å². The summed E-state index contributed by atoms with van der Waals surface area (Å²) in [7, 11) is 0. The lowest BCUT2D eigenvalue weighted by atomic mass is 10.0. The molecule has 1 fully saturated rings. The third kappa shape index (κ3) is 3.11. The number of hydrogen-bond acceptors (Lipinski definition) is 6. The molecule has 0 aromatic carbocycles. The molecule has 1 aromatic heterocycles. The molecule has 1 aliphatic rings. The minimum absolute atomic E-state index is 0.0638. The van der Waals surface area contributed by atoms with Crippen LogP contribution in [0.25, 0.3) is 0 Å². The highest BCUT2D eigenvalue weighted by Gasteiger charge is 2.40.